The van der Waals surface area contributed by atoms with Crippen molar-refractivity contribution in [2.45, 2.75) is 0 Å². The summed E-state index contributed by atoms with van der Waals surface area (Å²) in [6.07, 6.45) is 1.77. The first kappa shape index (κ1) is 13.2. The fourth-order valence-electron chi connectivity index (χ4n) is 2.76. The van der Waals surface area contributed by atoms with Gasteiger partial charge in [0, 0.05) is 10.9 Å². The van der Waals surface area contributed by atoms with E-state index in [1.54, 1.807) is 24.3 Å². The zero-order valence-electron chi connectivity index (χ0n) is 12.1. The molecule has 0 unspecified atom stereocenters. The molecule has 23 heavy (non-hydrogen) atoms. The van der Waals surface area contributed by atoms with Crippen molar-refractivity contribution >= 4 is 28.0 Å². The SMILES string of the molecule is C=Cc1ccc2nc(-c3c(O)[nH]c4ccc(C#N)cc34)[nH]c2c1. The van der Waals surface area contributed by atoms with Gasteiger partial charge in [0.2, 0.25) is 5.88 Å². The second-order valence-electron chi connectivity index (χ2n) is 5.29. The van der Waals surface area contributed by atoms with Gasteiger partial charge in [-0.3, -0.25) is 0 Å². The van der Waals surface area contributed by atoms with Crippen molar-refractivity contribution in [1.29, 1.82) is 5.26 Å². The highest BCUT2D eigenvalue weighted by Gasteiger charge is 2.17. The number of nitrogens with zero attached hydrogens (tertiary/aromatic N) is 2. The van der Waals surface area contributed by atoms with E-state index in [-0.39, 0.29) is 5.88 Å². The molecule has 0 aliphatic rings. The summed E-state index contributed by atoms with van der Waals surface area (Å²) in [4.78, 5) is 10.7. The maximum atomic E-state index is 10.3. The van der Waals surface area contributed by atoms with E-state index < -0.39 is 0 Å². The normalized spacial score (nSPS) is 10.9. The number of fused-ring (bicyclic) bond motifs is 2. The Hall–Kier alpha value is -3.52. The Morgan fingerprint density at radius 3 is 2.78 bits per heavy atom. The molecule has 110 valence electrons. The van der Waals surface area contributed by atoms with Crippen LogP contribution in [0.4, 0.5) is 0 Å². The number of nitrogens with one attached hydrogen (secondary N) is 2. The van der Waals surface area contributed by atoms with Gasteiger partial charge in [-0.15, -0.1) is 0 Å². The number of rotatable bonds is 2. The lowest BCUT2D eigenvalue weighted by atomic mass is 10.1. The molecule has 0 atom stereocenters. The Balaban J connectivity index is 1.99. The summed E-state index contributed by atoms with van der Waals surface area (Å²) in [5.74, 6) is 0.582. The third kappa shape index (κ3) is 1.97. The minimum absolute atomic E-state index is 0.0260. The molecule has 0 radical (unpaired) electrons. The molecule has 3 N–H and O–H groups in total. The van der Waals surface area contributed by atoms with E-state index in [9.17, 15) is 5.11 Å². The van der Waals surface area contributed by atoms with Crippen LogP contribution in [0.1, 0.15) is 11.1 Å². The first-order valence-corrected chi connectivity index (χ1v) is 7.07. The zero-order valence-corrected chi connectivity index (χ0v) is 12.1. The highest BCUT2D eigenvalue weighted by atomic mass is 16.3. The molecule has 4 rings (SSSR count). The Morgan fingerprint density at radius 2 is 2.00 bits per heavy atom. The summed E-state index contributed by atoms with van der Waals surface area (Å²) in [7, 11) is 0. The summed E-state index contributed by atoms with van der Waals surface area (Å²) in [6, 6.07) is 13.1. The maximum absolute atomic E-state index is 10.3. The van der Waals surface area contributed by atoms with Gasteiger partial charge in [0.15, 0.2) is 0 Å². The van der Waals surface area contributed by atoms with E-state index in [1.165, 1.54) is 0 Å². The van der Waals surface area contributed by atoms with Gasteiger partial charge in [-0.1, -0.05) is 18.7 Å². The van der Waals surface area contributed by atoms with E-state index >= 15 is 0 Å². The first-order chi connectivity index (χ1) is 11.2. The highest BCUT2D eigenvalue weighted by molar-refractivity contribution is 5.99. The number of hydrogen-bond acceptors (Lipinski definition) is 3. The number of nitriles is 1. The van der Waals surface area contributed by atoms with E-state index in [0.717, 1.165) is 27.5 Å². The molecular formula is C18H12N4O. The van der Waals surface area contributed by atoms with Gasteiger partial charge in [0.1, 0.15) is 5.82 Å². The van der Waals surface area contributed by atoms with Crippen LogP contribution in [0.25, 0.3) is 39.4 Å². The molecule has 0 aliphatic carbocycles. The molecule has 0 bridgehead atoms. The number of benzene rings is 2. The topological polar surface area (TPSA) is 88.5 Å². The lowest BCUT2D eigenvalue weighted by Gasteiger charge is -1.96. The molecule has 0 saturated heterocycles. The Kier molecular flexibility index (Phi) is 2.72. The minimum atomic E-state index is 0.0260. The van der Waals surface area contributed by atoms with E-state index in [0.29, 0.717) is 17.0 Å². The van der Waals surface area contributed by atoms with Crippen molar-refractivity contribution in [3.05, 3.63) is 54.1 Å². The lowest BCUT2D eigenvalue weighted by molar-refractivity contribution is 0.460. The fourth-order valence-corrected chi connectivity index (χ4v) is 2.76. The number of hydrogen-bond donors (Lipinski definition) is 3. The zero-order chi connectivity index (χ0) is 16.0. The number of imidazole rings is 1. The van der Waals surface area contributed by atoms with Crippen molar-refractivity contribution in [2.75, 3.05) is 0 Å². The molecule has 4 aromatic rings. The second kappa shape index (κ2) is 4.75. The third-order valence-electron chi connectivity index (χ3n) is 3.89. The van der Waals surface area contributed by atoms with Crippen LogP contribution in [-0.4, -0.2) is 20.1 Å². The van der Waals surface area contributed by atoms with Crippen LogP contribution in [0.15, 0.2) is 43.0 Å². The van der Waals surface area contributed by atoms with Crippen molar-refractivity contribution < 1.29 is 5.11 Å². The van der Waals surface area contributed by atoms with Crippen molar-refractivity contribution in [3.63, 3.8) is 0 Å². The Labute approximate surface area is 131 Å². The van der Waals surface area contributed by atoms with Gasteiger partial charge in [0.25, 0.3) is 0 Å². The van der Waals surface area contributed by atoms with Crippen LogP contribution >= 0.6 is 0 Å². The van der Waals surface area contributed by atoms with Crippen LogP contribution in [0.2, 0.25) is 0 Å². The molecular weight excluding hydrogens is 288 g/mol. The third-order valence-corrected chi connectivity index (χ3v) is 3.89. The van der Waals surface area contributed by atoms with Crippen LogP contribution in [0.3, 0.4) is 0 Å². The van der Waals surface area contributed by atoms with Gasteiger partial charge < -0.3 is 15.1 Å². The van der Waals surface area contributed by atoms with E-state index in [4.69, 9.17) is 5.26 Å². The Bertz CT molecular complexity index is 1110. The number of aromatic hydroxyl groups is 1. The molecule has 2 heterocycles. The molecule has 0 saturated carbocycles. The van der Waals surface area contributed by atoms with Crippen LogP contribution in [0, 0.1) is 11.3 Å². The average Bonchev–Trinajstić information content (AvgIpc) is 3.12. The molecule has 0 amide bonds. The van der Waals surface area contributed by atoms with Crippen molar-refractivity contribution in [2.24, 2.45) is 0 Å². The smallest absolute Gasteiger partial charge is 0.200 e. The van der Waals surface area contributed by atoms with Crippen molar-refractivity contribution in [1.82, 2.24) is 15.0 Å². The average molecular weight is 300 g/mol. The van der Waals surface area contributed by atoms with E-state index in [1.807, 2.05) is 18.2 Å². The molecule has 5 heteroatoms. The molecule has 0 fully saturated rings. The fraction of sp³-hybridized carbons (Fsp3) is 0. The largest absolute Gasteiger partial charge is 0.494 e. The van der Waals surface area contributed by atoms with Gasteiger partial charge in [0.05, 0.1) is 28.2 Å². The summed E-state index contributed by atoms with van der Waals surface area (Å²) >= 11 is 0. The summed E-state index contributed by atoms with van der Waals surface area (Å²) in [6.45, 7) is 3.76. The van der Waals surface area contributed by atoms with Gasteiger partial charge in [-0.2, -0.15) is 5.26 Å². The minimum Gasteiger partial charge on any atom is -0.494 e. The standard InChI is InChI=1S/C18H12N4O/c1-2-10-3-6-14-15(8-10)21-17(20-14)16-12-7-11(9-19)4-5-13(12)22-18(16)23/h2-8,22-23H,1H2,(H,20,21). The monoisotopic (exact) mass is 300 g/mol. The number of H-pyrrole nitrogens is 2. The predicted octanol–water partition coefficient (Wildman–Crippen LogP) is 3.93. The highest BCUT2D eigenvalue weighted by Crippen LogP contribution is 2.36. The second-order valence-corrected chi connectivity index (χ2v) is 5.29. The molecule has 5 nitrogen and oxygen atoms in total. The van der Waals surface area contributed by atoms with Crippen LogP contribution < -0.4 is 0 Å². The molecule has 2 aromatic heterocycles. The summed E-state index contributed by atoms with van der Waals surface area (Å²) in [5.41, 5.74) is 4.50. The van der Waals surface area contributed by atoms with Crippen molar-refractivity contribution in [3.8, 4) is 23.3 Å². The first-order valence-electron chi connectivity index (χ1n) is 7.07. The quantitative estimate of drug-likeness (QED) is 0.524. The number of aromatic nitrogens is 3. The Morgan fingerprint density at radius 1 is 1.13 bits per heavy atom. The predicted molar refractivity (Wildman–Crippen MR) is 89.9 cm³/mol. The molecule has 0 aliphatic heterocycles. The van der Waals surface area contributed by atoms with E-state index in [2.05, 4.69) is 27.6 Å². The van der Waals surface area contributed by atoms with Gasteiger partial charge >= 0.3 is 0 Å². The van der Waals surface area contributed by atoms with Gasteiger partial charge in [-0.25, -0.2) is 4.98 Å². The summed E-state index contributed by atoms with van der Waals surface area (Å²) in [5, 5.41) is 20.1. The van der Waals surface area contributed by atoms with Crippen LogP contribution in [0.5, 0.6) is 5.88 Å². The maximum Gasteiger partial charge on any atom is 0.200 e. The summed E-state index contributed by atoms with van der Waals surface area (Å²) < 4.78 is 0. The van der Waals surface area contributed by atoms with Crippen LogP contribution in [-0.2, 0) is 0 Å². The molecule has 2 aromatic carbocycles. The molecule has 0 spiro atoms. The lowest BCUT2D eigenvalue weighted by Crippen LogP contribution is -1.80. The van der Waals surface area contributed by atoms with Gasteiger partial charge in [-0.05, 0) is 35.9 Å². The number of aromatic amines is 2.